The summed E-state index contributed by atoms with van der Waals surface area (Å²) in [6.45, 7) is -2.74. The zero-order valence-corrected chi connectivity index (χ0v) is 30.6. The van der Waals surface area contributed by atoms with Crippen LogP contribution in [0.2, 0.25) is 0 Å². The van der Waals surface area contributed by atoms with Gasteiger partial charge in [0.15, 0.2) is 8.07 Å². The van der Waals surface area contributed by atoms with Crippen LogP contribution in [-0.2, 0) is 6.37 Å². The lowest BCUT2D eigenvalue weighted by molar-refractivity contribution is 0.480. The molecule has 0 radical (unpaired) electrons. The summed E-state index contributed by atoms with van der Waals surface area (Å²) in [7, 11) is -3.26. The summed E-state index contributed by atoms with van der Waals surface area (Å²) in [4.78, 5) is 0. The quantitative estimate of drug-likeness (QED) is 0.213. The van der Waals surface area contributed by atoms with Crippen molar-refractivity contribution in [2.24, 2.45) is 0 Å². The van der Waals surface area contributed by atoms with Crippen LogP contribution in [0.15, 0.2) is 176 Å². The topological polar surface area (TPSA) is 31.4 Å². The van der Waals surface area contributed by atoms with Crippen molar-refractivity contribution in [2.45, 2.75) is 20.1 Å². The molecule has 0 aromatic heterocycles. The molecule has 0 amide bonds. The molecule has 0 aliphatic carbocycles. The third-order valence-corrected chi connectivity index (χ3v) is 16.6. The van der Waals surface area contributed by atoms with Crippen LogP contribution in [0, 0.1) is 0 Å². The smallest absolute Gasteiger partial charge is 0.384 e. The monoisotopic (exact) mass is 717 g/mol. The standard InChI is InChI=1S/C43H36B4N4O2Si/c1-3-33-22-23-41-43(53-37-18-6-9-21-40(37)54(41)38-19-7-4-16-35(38)52-36-17-5-8-20-39(36)54)42(33)34-24-31-51-46-27-11-14-29-49(46)44-25-10-13-28-48(44)45-26-12-15-30-50(45)47(51)32(34)2/h4-31H,3H2,1-2H3/i2D3,3D2. The molecule has 0 bridgehead atoms. The molecule has 11 rings (SSSR count). The van der Waals surface area contributed by atoms with E-state index in [0.717, 1.165) is 32.2 Å². The first-order chi connectivity index (χ1) is 28.6. The Morgan fingerprint density at radius 3 is 1.69 bits per heavy atom. The molecule has 7 aliphatic rings. The lowest BCUT2D eigenvalue weighted by Crippen LogP contribution is -2.77. The van der Waals surface area contributed by atoms with Gasteiger partial charge in [0, 0.05) is 12.4 Å². The second-order valence-corrected chi connectivity index (χ2v) is 17.9. The third kappa shape index (κ3) is 4.27. The maximum Gasteiger partial charge on any atom is 0.384 e. The molecule has 0 unspecified atom stereocenters. The minimum atomic E-state index is -3.26. The van der Waals surface area contributed by atoms with Crippen molar-refractivity contribution in [3.05, 3.63) is 187 Å². The van der Waals surface area contributed by atoms with Gasteiger partial charge in [0.1, 0.15) is 23.0 Å². The van der Waals surface area contributed by atoms with Crippen molar-refractivity contribution < 1.29 is 16.3 Å². The van der Waals surface area contributed by atoms with E-state index in [-0.39, 0.29) is 26.4 Å². The second-order valence-electron chi connectivity index (χ2n) is 14.3. The molecule has 0 saturated carbocycles. The van der Waals surface area contributed by atoms with Crippen molar-refractivity contribution in [2.75, 3.05) is 0 Å². The summed E-state index contributed by atoms with van der Waals surface area (Å²) in [6.07, 6.45) is 20.2. The largest absolute Gasteiger partial charge is 0.458 e. The number of aryl methyl sites for hydroxylation is 1. The van der Waals surface area contributed by atoms with Crippen molar-refractivity contribution in [1.82, 2.24) is 18.9 Å². The molecule has 4 aromatic rings. The Balaban J connectivity index is 1.23. The molecule has 1 fully saturated rings. The number of allylic oxidation sites excluding steroid dienone is 9. The van der Waals surface area contributed by atoms with Gasteiger partial charge in [0.25, 0.3) is 0 Å². The number of fused-ring (bicyclic) bond motifs is 16. The van der Waals surface area contributed by atoms with E-state index in [0.29, 0.717) is 28.2 Å². The van der Waals surface area contributed by atoms with Gasteiger partial charge < -0.3 is 28.4 Å². The van der Waals surface area contributed by atoms with Gasteiger partial charge in [0.2, 0.25) is 0 Å². The Hall–Kier alpha value is -5.92. The van der Waals surface area contributed by atoms with Crippen LogP contribution < -0.4 is 30.2 Å². The predicted octanol–water partition coefficient (Wildman–Crippen LogP) is 5.72. The van der Waals surface area contributed by atoms with E-state index in [4.69, 9.17) is 9.47 Å². The minimum absolute atomic E-state index is 0.147. The molecule has 54 heavy (non-hydrogen) atoms. The molecule has 1 spiro atoms. The number of hydrogen-bond donors (Lipinski definition) is 0. The van der Waals surface area contributed by atoms with Gasteiger partial charge in [-0.1, -0.05) is 115 Å². The highest BCUT2D eigenvalue weighted by atomic mass is 28.3. The van der Waals surface area contributed by atoms with Crippen LogP contribution in [0.3, 0.4) is 0 Å². The number of hydrogen-bond acceptors (Lipinski definition) is 6. The van der Waals surface area contributed by atoms with Crippen molar-refractivity contribution >= 4 is 62.3 Å². The van der Waals surface area contributed by atoms with E-state index < -0.39 is 28.3 Å². The zero-order chi connectivity index (χ0) is 40.3. The Bertz CT molecular complexity index is 2620. The number of nitrogens with zero attached hydrogens (tertiary/aromatic N) is 4. The van der Waals surface area contributed by atoms with Crippen LogP contribution in [0.1, 0.15) is 31.8 Å². The van der Waals surface area contributed by atoms with E-state index in [1.165, 1.54) is 6.92 Å². The van der Waals surface area contributed by atoms with Crippen LogP contribution in [0.5, 0.6) is 23.0 Å². The van der Waals surface area contributed by atoms with Gasteiger partial charge in [-0.3, -0.25) is 0 Å². The number of benzene rings is 4. The SMILES string of the molecule is [2H]C([2H])([2H])C1=C(c2c(C([2H])([2H])C)ccc3c2Oc2ccccc2[Si]32c3ccccc3Oc3ccccc32)C=CN2B3C=CC=CN3B3C=CC=CN3B3C=CC=CN3B12. The lowest BCUT2D eigenvalue weighted by atomic mass is 9.40. The van der Waals surface area contributed by atoms with Crippen LogP contribution in [0.25, 0.3) is 5.57 Å². The van der Waals surface area contributed by atoms with Gasteiger partial charge in [-0.05, 0) is 112 Å². The summed E-state index contributed by atoms with van der Waals surface area (Å²) >= 11 is 0. The number of ether oxygens (including phenoxy) is 2. The van der Waals surface area contributed by atoms with E-state index in [1.807, 2.05) is 116 Å². The molecule has 0 atom stereocenters. The Labute approximate surface area is 326 Å². The van der Waals surface area contributed by atoms with Gasteiger partial charge in [-0.15, -0.1) is 0 Å². The van der Waals surface area contributed by atoms with E-state index in [1.54, 1.807) is 0 Å². The predicted molar refractivity (Wildman–Crippen MR) is 227 cm³/mol. The Morgan fingerprint density at radius 2 is 1.11 bits per heavy atom. The van der Waals surface area contributed by atoms with Gasteiger partial charge in [-0.2, -0.15) is 0 Å². The van der Waals surface area contributed by atoms with Crippen molar-refractivity contribution in [1.29, 1.82) is 0 Å². The summed E-state index contributed by atoms with van der Waals surface area (Å²) in [5.74, 6) is 9.02. The van der Waals surface area contributed by atoms with E-state index in [2.05, 4.69) is 73.5 Å². The highest BCUT2D eigenvalue weighted by molar-refractivity contribution is 7.21. The first-order valence-electron chi connectivity index (χ1n) is 21.0. The fourth-order valence-corrected chi connectivity index (χ4v) is 14.6. The fourth-order valence-electron chi connectivity index (χ4n) is 9.50. The second kappa shape index (κ2) is 12.0. The lowest BCUT2D eigenvalue weighted by Gasteiger charge is -2.54. The van der Waals surface area contributed by atoms with E-state index in [9.17, 15) is 6.85 Å². The third-order valence-electron chi connectivity index (χ3n) is 11.7. The molecule has 7 heterocycles. The molecule has 11 heteroatoms. The summed E-state index contributed by atoms with van der Waals surface area (Å²) in [6, 6.07) is 28.3. The van der Waals surface area contributed by atoms with Crippen LogP contribution in [-0.4, -0.2) is 54.9 Å². The van der Waals surface area contributed by atoms with Gasteiger partial charge >= 0.3 is 27.9 Å². The Morgan fingerprint density at radius 1 is 0.593 bits per heavy atom. The van der Waals surface area contributed by atoms with Crippen LogP contribution in [0.4, 0.5) is 0 Å². The summed E-state index contributed by atoms with van der Waals surface area (Å²) < 4.78 is 69.5. The molecule has 256 valence electrons. The highest BCUT2D eigenvalue weighted by Gasteiger charge is 2.55. The molecule has 0 N–H and O–H groups in total. The molecule has 1 saturated heterocycles. The first-order valence-corrected chi connectivity index (χ1v) is 20.5. The summed E-state index contributed by atoms with van der Waals surface area (Å²) in [5.41, 5.74) is 1.42. The fraction of sp³-hybridized carbons (Fsp3) is 0.0698. The van der Waals surface area contributed by atoms with Gasteiger partial charge in [0.05, 0.1) is 0 Å². The number of rotatable bonds is 2. The average molecular weight is 717 g/mol. The maximum atomic E-state index is 9.46. The molecular formula is C43H36B4N4O2Si. The van der Waals surface area contributed by atoms with Crippen molar-refractivity contribution in [3.63, 3.8) is 0 Å². The van der Waals surface area contributed by atoms with Crippen LogP contribution >= 0.6 is 0 Å². The normalized spacial score (nSPS) is 20.8. The number of para-hydroxylation sites is 3. The molecule has 6 nitrogen and oxygen atoms in total. The van der Waals surface area contributed by atoms with Gasteiger partial charge in [-0.25, -0.2) is 0 Å². The molecule has 7 aliphatic heterocycles. The Kier molecular flexibility index (Phi) is 5.98. The average Bonchev–Trinajstić information content (AvgIpc) is 3.24. The molecule has 4 aromatic carbocycles. The summed E-state index contributed by atoms with van der Waals surface area (Å²) in [5, 5.41) is 4.06. The van der Waals surface area contributed by atoms with Crippen molar-refractivity contribution in [3.8, 4) is 23.0 Å². The van der Waals surface area contributed by atoms with E-state index >= 15 is 0 Å². The minimum Gasteiger partial charge on any atom is -0.458 e. The zero-order valence-electron chi connectivity index (χ0n) is 34.6. The molecular weight excluding hydrogens is 676 g/mol. The first kappa shape index (κ1) is 26.8. The maximum absolute atomic E-state index is 9.46. The highest BCUT2D eigenvalue weighted by Crippen LogP contribution is 2.44.